The molecule has 1 aliphatic rings. The van der Waals surface area contributed by atoms with Crippen molar-refractivity contribution in [1.82, 2.24) is 0 Å². The molecular weight excluding hydrogens is 376 g/mol. The zero-order chi connectivity index (χ0) is 21.2. The average Bonchev–Trinajstić information content (AvgIpc) is 2.77. The highest BCUT2D eigenvalue weighted by molar-refractivity contribution is 5.89. The molecule has 2 aromatic carbocycles. The van der Waals surface area contributed by atoms with Crippen molar-refractivity contribution in [1.29, 1.82) is 0 Å². The minimum atomic E-state index is -0.231. The summed E-state index contributed by atoms with van der Waals surface area (Å²) in [4.78, 5) is 23.4. The molecule has 0 aliphatic heterocycles. The van der Waals surface area contributed by atoms with Crippen LogP contribution in [-0.2, 0) is 34.0 Å². The lowest BCUT2D eigenvalue weighted by Gasteiger charge is -2.27. The average molecular weight is 411 g/mol. The van der Waals surface area contributed by atoms with Crippen LogP contribution in [0.1, 0.15) is 79.4 Å². The van der Waals surface area contributed by atoms with Gasteiger partial charge in [-0.2, -0.15) is 0 Å². The summed E-state index contributed by atoms with van der Waals surface area (Å²) in [5, 5.41) is 0. The molecule has 4 nitrogen and oxygen atoms in total. The van der Waals surface area contributed by atoms with E-state index < -0.39 is 0 Å². The summed E-state index contributed by atoms with van der Waals surface area (Å²) < 4.78 is 5.70. The quantitative estimate of drug-likeness (QED) is 0.265. The predicted molar refractivity (Wildman–Crippen MR) is 118 cm³/mol. The fourth-order valence-corrected chi connectivity index (χ4v) is 3.85. The van der Waals surface area contributed by atoms with E-state index in [1.807, 2.05) is 24.3 Å². The number of rotatable bonds is 10. The molecule has 0 saturated heterocycles. The standard InChI is InChI=1S/C26H34O4/c1-3-5-20-7-9-22(10-8-20)19-28-30-25-17-15-24(16-18-25)29-26(27)23-13-11-21(6-4-2)12-14-23/h7-14,24-25H,3-6,15-19H2,1-2H3. The van der Waals surface area contributed by atoms with Crippen LogP contribution in [-0.4, -0.2) is 18.2 Å². The predicted octanol–water partition coefficient (Wildman–Crippen LogP) is 6.21. The van der Waals surface area contributed by atoms with Gasteiger partial charge >= 0.3 is 5.97 Å². The van der Waals surface area contributed by atoms with Crippen molar-refractivity contribution in [3.8, 4) is 0 Å². The van der Waals surface area contributed by atoms with Crippen LogP contribution in [0.2, 0.25) is 0 Å². The number of carbonyl (C=O) groups excluding carboxylic acids is 1. The van der Waals surface area contributed by atoms with Crippen LogP contribution in [0.5, 0.6) is 0 Å². The zero-order valence-corrected chi connectivity index (χ0v) is 18.3. The second-order valence-electron chi connectivity index (χ2n) is 8.18. The molecule has 0 aromatic heterocycles. The summed E-state index contributed by atoms with van der Waals surface area (Å²) in [7, 11) is 0. The van der Waals surface area contributed by atoms with Crippen molar-refractivity contribution in [2.75, 3.05) is 0 Å². The fraction of sp³-hybridized carbons (Fsp3) is 0.500. The van der Waals surface area contributed by atoms with E-state index in [0.29, 0.717) is 12.2 Å². The number of ether oxygens (including phenoxy) is 1. The summed E-state index contributed by atoms with van der Waals surface area (Å²) in [6.45, 7) is 4.79. The summed E-state index contributed by atoms with van der Waals surface area (Å²) >= 11 is 0. The van der Waals surface area contributed by atoms with E-state index in [1.165, 1.54) is 11.1 Å². The van der Waals surface area contributed by atoms with Crippen LogP contribution >= 0.6 is 0 Å². The third kappa shape index (κ3) is 6.96. The Bertz CT molecular complexity index is 759. The van der Waals surface area contributed by atoms with Crippen LogP contribution in [0.25, 0.3) is 0 Å². The number of esters is 1. The van der Waals surface area contributed by atoms with Gasteiger partial charge in [0.2, 0.25) is 0 Å². The molecule has 0 amide bonds. The highest BCUT2D eigenvalue weighted by Crippen LogP contribution is 2.25. The maximum atomic E-state index is 12.4. The Kier molecular flexibility index (Phi) is 8.91. The Hall–Kier alpha value is -2.17. The SMILES string of the molecule is CCCc1ccc(COOC2CCC(OC(=O)c3ccc(CCC)cc3)CC2)cc1. The third-order valence-corrected chi connectivity index (χ3v) is 5.61. The maximum absolute atomic E-state index is 12.4. The lowest BCUT2D eigenvalue weighted by molar-refractivity contribution is -0.338. The smallest absolute Gasteiger partial charge is 0.338 e. The Morgan fingerprint density at radius 1 is 0.767 bits per heavy atom. The second-order valence-corrected chi connectivity index (χ2v) is 8.18. The van der Waals surface area contributed by atoms with Gasteiger partial charge in [-0.1, -0.05) is 63.1 Å². The van der Waals surface area contributed by atoms with Crippen molar-refractivity contribution >= 4 is 5.97 Å². The molecule has 0 unspecified atom stereocenters. The van der Waals surface area contributed by atoms with Gasteiger partial charge in [0.1, 0.15) is 12.7 Å². The molecule has 0 bridgehead atoms. The van der Waals surface area contributed by atoms with Crippen molar-refractivity contribution in [2.45, 2.75) is 84.0 Å². The minimum Gasteiger partial charge on any atom is -0.459 e. The van der Waals surface area contributed by atoms with Crippen molar-refractivity contribution in [3.63, 3.8) is 0 Å². The molecule has 1 aliphatic carbocycles. The molecule has 3 rings (SSSR count). The Morgan fingerprint density at radius 2 is 1.27 bits per heavy atom. The van der Waals surface area contributed by atoms with Gasteiger partial charge in [0.15, 0.2) is 0 Å². The Morgan fingerprint density at radius 3 is 1.83 bits per heavy atom. The molecule has 0 heterocycles. The lowest BCUT2D eigenvalue weighted by Crippen LogP contribution is -2.28. The molecule has 30 heavy (non-hydrogen) atoms. The number of aryl methyl sites for hydroxylation is 2. The highest BCUT2D eigenvalue weighted by atomic mass is 17.2. The van der Waals surface area contributed by atoms with E-state index in [1.54, 1.807) is 0 Å². The Balaban J connectivity index is 1.34. The van der Waals surface area contributed by atoms with E-state index in [0.717, 1.165) is 56.9 Å². The number of carbonyl (C=O) groups is 1. The maximum Gasteiger partial charge on any atom is 0.338 e. The minimum absolute atomic E-state index is 0.0428. The molecule has 1 fully saturated rings. The van der Waals surface area contributed by atoms with Gasteiger partial charge in [-0.25, -0.2) is 14.6 Å². The van der Waals surface area contributed by atoms with E-state index >= 15 is 0 Å². The molecule has 4 heteroatoms. The van der Waals surface area contributed by atoms with Crippen LogP contribution < -0.4 is 0 Å². The zero-order valence-electron chi connectivity index (χ0n) is 18.3. The van der Waals surface area contributed by atoms with Crippen LogP contribution in [0.3, 0.4) is 0 Å². The largest absolute Gasteiger partial charge is 0.459 e. The van der Waals surface area contributed by atoms with Gasteiger partial charge in [-0.3, -0.25) is 0 Å². The van der Waals surface area contributed by atoms with Gasteiger partial charge in [-0.05, 0) is 67.3 Å². The molecule has 0 N–H and O–H groups in total. The van der Waals surface area contributed by atoms with Gasteiger partial charge < -0.3 is 4.74 Å². The number of hydrogen-bond donors (Lipinski definition) is 0. The molecule has 1 saturated carbocycles. The topological polar surface area (TPSA) is 44.8 Å². The van der Waals surface area contributed by atoms with Crippen LogP contribution in [0.4, 0.5) is 0 Å². The highest BCUT2D eigenvalue weighted by Gasteiger charge is 2.25. The van der Waals surface area contributed by atoms with Crippen molar-refractivity contribution < 1.29 is 19.3 Å². The molecule has 0 atom stereocenters. The summed E-state index contributed by atoms with van der Waals surface area (Å²) in [5.74, 6) is -0.231. The summed E-state index contributed by atoms with van der Waals surface area (Å²) in [6, 6.07) is 16.3. The van der Waals surface area contributed by atoms with E-state index in [4.69, 9.17) is 14.5 Å². The Labute approximate surface area is 180 Å². The summed E-state index contributed by atoms with van der Waals surface area (Å²) in [6.07, 6.45) is 7.70. The van der Waals surface area contributed by atoms with Crippen LogP contribution in [0.15, 0.2) is 48.5 Å². The molecule has 162 valence electrons. The second kappa shape index (κ2) is 11.9. The first-order valence-corrected chi connectivity index (χ1v) is 11.3. The normalized spacial score (nSPS) is 18.9. The number of benzene rings is 2. The van der Waals surface area contributed by atoms with Crippen molar-refractivity contribution in [2.24, 2.45) is 0 Å². The fourth-order valence-electron chi connectivity index (χ4n) is 3.85. The molecule has 0 radical (unpaired) electrons. The van der Waals surface area contributed by atoms with Crippen molar-refractivity contribution in [3.05, 3.63) is 70.8 Å². The van der Waals surface area contributed by atoms with E-state index in [9.17, 15) is 4.79 Å². The monoisotopic (exact) mass is 410 g/mol. The first-order valence-electron chi connectivity index (χ1n) is 11.3. The first-order chi connectivity index (χ1) is 14.7. The van der Waals surface area contributed by atoms with Gasteiger partial charge in [-0.15, -0.1) is 0 Å². The first kappa shape index (κ1) is 22.5. The molecular formula is C26H34O4. The van der Waals surface area contributed by atoms with Crippen LogP contribution in [0, 0.1) is 0 Å². The molecule has 0 spiro atoms. The van der Waals surface area contributed by atoms with E-state index in [-0.39, 0.29) is 18.2 Å². The lowest BCUT2D eigenvalue weighted by atomic mass is 9.95. The van der Waals surface area contributed by atoms with Gasteiger partial charge in [0, 0.05) is 0 Å². The van der Waals surface area contributed by atoms with E-state index in [2.05, 4.69) is 38.1 Å². The van der Waals surface area contributed by atoms with Gasteiger partial charge in [0.25, 0.3) is 0 Å². The van der Waals surface area contributed by atoms with Gasteiger partial charge in [0.05, 0.1) is 11.7 Å². The summed E-state index contributed by atoms with van der Waals surface area (Å²) in [5.41, 5.74) is 4.35. The number of hydrogen-bond acceptors (Lipinski definition) is 4. The third-order valence-electron chi connectivity index (χ3n) is 5.61. The molecule has 2 aromatic rings.